The normalized spacial score (nSPS) is 16.1. The monoisotopic (exact) mass is 281 g/mol. The predicted molar refractivity (Wildman–Crippen MR) is 79.1 cm³/mol. The Labute approximate surface area is 122 Å². The van der Waals surface area contributed by atoms with Gasteiger partial charge in [-0.15, -0.1) is 0 Å². The number of oxime groups is 1. The number of carboxylic acids is 1. The van der Waals surface area contributed by atoms with Crippen LogP contribution in [-0.4, -0.2) is 16.8 Å². The average Bonchev–Trinajstić information content (AvgIpc) is 2.93. The number of aliphatic carboxylic acids is 1. The van der Waals surface area contributed by atoms with E-state index in [1.54, 1.807) is 0 Å². The number of carbonyl (C=O) groups is 1. The summed E-state index contributed by atoms with van der Waals surface area (Å²) in [6.07, 6.45) is 0.356. The van der Waals surface area contributed by atoms with Gasteiger partial charge in [0, 0.05) is 17.5 Å². The topological polar surface area (TPSA) is 58.9 Å². The van der Waals surface area contributed by atoms with Gasteiger partial charge in [-0.3, -0.25) is 4.79 Å². The molecule has 4 nitrogen and oxygen atoms in total. The van der Waals surface area contributed by atoms with E-state index in [4.69, 9.17) is 9.94 Å². The molecule has 0 saturated heterocycles. The Kier molecular flexibility index (Phi) is 3.44. The maximum absolute atomic E-state index is 10.9. The molecule has 0 radical (unpaired) electrons. The van der Waals surface area contributed by atoms with Gasteiger partial charge in [0.2, 0.25) is 0 Å². The highest BCUT2D eigenvalue weighted by atomic mass is 16.7. The molecule has 3 rings (SSSR count). The quantitative estimate of drug-likeness (QED) is 0.936. The van der Waals surface area contributed by atoms with Crippen LogP contribution in [0.3, 0.4) is 0 Å². The summed E-state index contributed by atoms with van der Waals surface area (Å²) in [7, 11) is 0. The molecule has 1 heterocycles. The van der Waals surface area contributed by atoms with Crippen LogP contribution in [0.4, 0.5) is 0 Å². The van der Waals surface area contributed by atoms with Gasteiger partial charge in [0.05, 0.1) is 12.1 Å². The van der Waals surface area contributed by atoms with Crippen molar-refractivity contribution < 1.29 is 14.7 Å². The van der Waals surface area contributed by atoms with Crippen molar-refractivity contribution in [1.29, 1.82) is 0 Å². The molecular formula is C17H15NO3. The Morgan fingerprint density at radius 2 is 1.57 bits per heavy atom. The molecule has 0 aromatic heterocycles. The Morgan fingerprint density at radius 3 is 2.05 bits per heavy atom. The minimum Gasteiger partial charge on any atom is -0.481 e. The predicted octanol–water partition coefficient (Wildman–Crippen LogP) is 3.18. The van der Waals surface area contributed by atoms with Crippen LogP contribution in [0.25, 0.3) is 0 Å². The van der Waals surface area contributed by atoms with Crippen LogP contribution in [0.15, 0.2) is 65.8 Å². The van der Waals surface area contributed by atoms with E-state index in [2.05, 4.69) is 5.16 Å². The number of carboxylic acid groups (broad SMARTS) is 1. The molecule has 4 heteroatoms. The maximum atomic E-state index is 10.9. The zero-order valence-corrected chi connectivity index (χ0v) is 11.4. The van der Waals surface area contributed by atoms with E-state index in [0.717, 1.165) is 11.1 Å². The first-order valence-corrected chi connectivity index (χ1v) is 6.77. The van der Waals surface area contributed by atoms with Crippen LogP contribution in [0.2, 0.25) is 0 Å². The first-order valence-electron chi connectivity index (χ1n) is 6.77. The number of hydrogen-bond acceptors (Lipinski definition) is 3. The van der Waals surface area contributed by atoms with E-state index in [1.165, 1.54) is 0 Å². The molecule has 0 unspecified atom stereocenters. The van der Waals surface area contributed by atoms with Gasteiger partial charge < -0.3 is 9.94 Å². The molecule has 1 aliphatic heterocycles. The van der Waals surface area contributed by atoms with Crippen LogP contribution in [0, 0.1) is 0 Å². The summed E-state index contributed by atoms with van der Waals surface area (Å²) in [6.45, 7) is 0. The van der Waals surface area contributed by atoms with Gasteiger partial charge in [0.15, 0.2) is 5.60 Å². The van der Waals surface area contributed by atoms with Gasteiger partial charge in [-0.1, -0.05) is 65.8 Å². The number of benzene rings is 2. The van der Waals surface area contributed by atoms with Crippen molar-refractivity contribution in [2.24, 2.45) is 5.16 Å². The molecule has 0 bridgehead atoms. The van der Waals surface area contributed by atoms with Crippen LogP contribution in [-0.2, 0) is 15.2 Å². The highest BCUT2D eigenvalue weighted by molar-refractivity contribution is 5.99. The van der Waals surface area contributed by atoms with Crippen molar-refractivity contribution in [2.75, 3.05) is 0 Å². The second-order valence-electron chi connectivity index (χ2n) is 5.06. The highest BCUT2D eigenvalue weighted by Crippen LogP contribution is 2.41. The number of nitrogens with zero attached hydrogens (tertiary/aromatic N) is 1. The number of hydrogen-bond donors (Lipinski definition) is 1. The average molecular weight is 281 g/mol. The van der Waals surface area contributed by atoms with E-state index in [9.17, 15) is 4.79 Å². The van der Waals surface area contributed by atoms with Crippen molar-refractivity contribution in [1.82, 2.24) is 0 Å². The highest BCUT2D eigenvalue weighted by Gasteiger charge is 2.42. The largest absolute Gasteiger partial charge is 0.481 e. The molecule has 0 aliphatic carbocycles. The Balaban J connectivity index is 2.01. The molecule has 2 aromatic rings. The molecule has 21 heavy (non-hydrogen) atoms. The summed E-state index contributed by atoms with van der Waals surface area (Å²) in [6, 6.07) is 19.6. The number of rotatable bonds is 4. The fourth-order valence-corrected chi connectivity index (χ4v) is 2.65. The molecule has 0 spiro atoms. The SMILES string of the molecule is O=C(O)CC1=NOC(c2ccccc2)(c2ccccc2)C1. The second kappa shape index (κ2) is 5.40. The Bertz CT molecular complexity index is 625. The standard InChI is InChI=1S/C17H15NO3/c19-16(20)11-15-12-17(21-18-15,13-7-3-1-4-8-13)14-9-5-2-6-10-14/h1-10H,11-12H2,(H,19,20). The summed E-state index contributed by atoms with van der Waals surface area (Å²) in [5.74, 6) is -0.894. The molecule has 0 saturated carbocycles. The van der Waals surface area contributed by atoms with E-state index in [-0.39, 0.29) is 6.42 Å². The third kappa shape index (κ3) is 2.52. The van der Waals surface area contributed by atoms with Gasteiger partial charge in [-0.2, -0.15) is 0 Å². The Morgan fingerprint density at radius 1 is 1.05 bits per heavy atom. The van der Waals surface area contributed by atoms with Gasteiger partial charge in [0.1, 0.15) is 0 Å². The fraction of sp³-hybridized carbons (Fsp3) is 0.176. The molecule has 106 valence electrons. The summed E-state index contributed by atoms with van der Waals surface area (Å²) >= 11 is 0. The smallest absolute Gasteiger partial charge is 0.309 e. The van der Waals surface area contributed by atoms with Crippen LogP contribution in [0.1, 0.15) is 24.0 Å². The van der Waals surface area contributed by atoms with Gasteiger partial charge in [0.25, 0.3) is 0 Å². The molecular weight excluding hydrogens is 266 g/mol. The second-order valence-corrected chi connectivity index (χ2v) is 5.06. The fourth-order valence-electron chi connectivity index (χ4n) is 2.65. The van der Waals surface area contributed by atoms with Gasteiger partial charge in [-0.25, -0.2) is 0 Å². The van der Waals surface area contributed by atoms with E-state index in [0.29, 0.717) is 12.1 Å². The van der Waals surface area contributed by atoms with E-state index < -0.39 is 11.6 Å². The maximum Gasteiger partial charge on any atom is 0.309 e. The zero-order valence-electron chi connectivity index (χ0n) is 11.4. The molecule has 0 atom stereocenters. The molecule has 1 N–H and O–H groups in total. The van der Waals surface area contributed by atoms with Crippen molar-refractivity contribution in [3.63, 3.8) is 0 Å². The lowest BCUT2D eigenvalue weighted by Gasteiger charge is -2.27. The van der Waals surface area contributed by atoms with Gasteiger partial charge in [-0.05, 0) is 0 Å². The van der Waals surface area contributed by atoms with Crippen molar-refractivity contribution in [3.05, 3.63) is 71.8 Å². The summed E-state index contributed by atoms with van der Waals surface area (Å²) in [5, 5.41) is 13.0. The van der Waals surface area contributed by atoms with Crippen LogP contribution < -0.4 is 0 Å². The molecule has 0 fully saturated rings. The minimum atomic E-state index is -0.894. The Hall–Kier alpha value is -2.62. The lowest BCUT2D eigenvalue weighted by atomic mass is 9.82. The van der Waals surface area contributed by atoms with Crippen molar-refractivity contribution in [3.8, 4) is 0 Å². The molecule has 2 aromatic carbocycles. The third-order valence-corrected chi connectivity index (χ3v) is 3.62. The lowest BCUT2D eigenvalue weighted by Crippen LogP contribution is -2.28. The third-order valence-electron chi connectivity index (χ3n) is 3.62. The van der Waals surface area contributed by atoms with E-state index in [1.807, 2.05) is 60.7 Å². The van der Waals surface area contributed by atoms with Crippen LogP contribution >= 0.6 is 0 Å². The van der Waals surface area contributed by atoms with Gasteiger partial charge >= 0.3 is 5.97 Å². The van der Waals surface area contributed by atoms with Crippen molar-refractivity contribution >= 4 is 11.7 Å². The summed E-state index contributed by atoms with van der Waals surface area (Å²) in [5.41, 5.74) is 1.77. The molecule has 0 amide bonds. The first kappa shape index (κ1) is 13.4. The van der Waals surface area contributed by atoms with E-state index >= 15 is 0 Å². The van der Waals surface area contributed by atoms with Crippen molar-refractivity contribution in [2.45, 2.75) is 18.4 Å². The summed E-state index contributed by atoms with van der Waals surface area (Å²) < 4.78 is 0. The minimum absolute atomic E-state index is 0.0958. The lowest BCUT2D eigenvalue weighted by molar-refractivity contribution is -0.135. The zero-order chi connectivity index (χ0) is 14.7. The molecule has 1 aliphatic rings. The summed E-state index contributed by atoms with van der Waals surface area (Å²) in [4.78, 5) is 16.7. The van der Waals surface area contributed by atoms with Crippen LogP contribution in [0.5, 0.6) is 0 Å². The first-order chi connectivity index (χ1) is 10.2.